The first kappa shape index (κ1) is 23.2. The molecule has 3 amide bonds. The molecule has 0 spiro atoms. The van der Waals surface area contributed by atoms with E-state index in [4.69, 9.17) is 4.74 Å². The number of rotatable bonds is 7. The summed E-state index contributed by atoms with van der Waals surface area (Å²) in [6, 6.07) is 20.8. The molecule has 1 atom stereocenters. The van der Waals surface area contributed by atoms with Gasteiger partial charge in [0.15, 0.2) is 0 Å². The Kier molecular flexibility index (Phi) is 7.34. The normalized spacial score (nSPS) is 14.9. The van der Waals surface area contributed by atoms with Crippen molar-refractivity contribution in [1.82, 2.24) is 5.32 Å². The quantitative estimate of drug-likeness (QED) is 0.490. The van der Waals surface area contributed by atoms with Crippen LogP contribution in [0.4, 0.5) is 11.4 Å². The van der Waals surface area contributed by atoms with Crippen LogP contribution in [-0.2, 0) is 4.74 Å². The third kappa shape index (κ3) is 5.68. The number of hydrogen-bond acceptors (Lipinski definition) is 4. The van der Waals surface area contributed by atoms with Gasteiger partial charge in [-0.05, 0) is 61.7 Å². The molecule has 1 unspecified atom stereocenters. The van der Waals surface area contributed by atoms with Crippen LogP contribution < -0.4 is 16.0 Å². The zero-order valence-electron chi connectivity index (χ0n) is 19.0. The fraction of sp³-hybridized carbons (Fsp3) is 0.222. The standard InChI is InChI=1S/C27H27N3O4/c1-18-13-14-20(16-24(18)30-25(31)19-8-3-2-4-9-19)26(32)29-23-12-6-5-11-22(23)27(33)28-17-21-10-7-15-34-21/h2-6,8-9,11-14,16,21H,7,10,15,17H2,1H3,(H,28,33)(H,29,32)(H,30,31). The number of ether oxygens (including phenoxy) is 1. The average Bonchev–Trinajstić information content (AvgIpc) is 3.38. The SMILES string of the molecule is Cc1ccc(C(=O)Nc2ccccc2C(=O)NCC2CCCO2)cc1NC(=O)c1ccccc1. The van der Waals surface area contributed by atoms with E-state index in [2.05, 4.69) is 16.0 Å². The van der Waals surface area contributed by atoms with E-state index in [1.165, 1.54) is 0 Å². The summed E-state index contributed by atoms with van der Waals surface area (Å²) in [4.78, 5) is 38.3. The number of nitrogens with one attached hydrogen (secondary N) is 3. The van der Waals surface area contributed by atoms with Gasteiger partial charge in [-0.15, -0.1) is 0 Å². The molecule has 0 radical (unpaired) electrons. The summed E-state index contributed by atoms with van der Waals surface area (Å²) >= 11 is 0. The van der Waals surface area contributed by atoms with E-state index in [0.717, 1.165) is 25.0 Å². The maximum Gasteiger partial charge on any atom is 0.255 e. The number of carbonyl (C=O) groups excluding carboxylic acids is 3. The molecule has 174 valence electrons. The van der Waals surface area contributed by atoms with Crippen molar-refractivity contribution in [1.29, 1.82) is 0 Å². The summed E-state index contributed by atoms with van der Waals surface area (Å²) in [5, 5.41) is 8.57. The Morgan fingerprint density at radius 3 is 2.29 bits per heavy atom. The molecular weight excluding hydrogens is 430 g/mol. The molecule has 3 aromatic rings. The number of amides is 3. The van der Waals surface area contributed by atoms with Crippen molar-refractivity contribution in [2.75, 3.05) is 23.8 Å². The first-order valence-electron chi connectivity index (χ1n) is 11.3. The molecule has 7 heteroatoms. The first-order valence-corrected chi connectivity index (χ1v) is 11.3. The molecule has 0 saturated carbocycles. The van der Waals surface area contributed by atoms with E-state index in [0.29, 0.717) is 34.6 Å². The molecular formula is C27H27N3O4. The van der Waals surface area contributed by atoms with Gasteiger partial charge in [-0.2, -0.15) is 0 Å². The van der Waals surface area contributed by atoms with Crippen LogP contribution in [0.3, 0.4) is 0 Å². The number of anilines is 2. The molecule has 1 fully saturated rings. The smallest absolute Gasteiger partial charge is 0.255 e. The highest BCUT2D eigenvalue weighted by Crippen LogP contribution is 2.21. The van der Waals surface area contributed by atoms with Crippen LogP contribution in [0.1, 0.15) is 49.5 Å². The van der Waals surface area contributed by atoms with Crippen molar-refractivity contribution in [2.45, 2.75) is 25.9 Å². The molecule has 0 aromatic heterocycles. The van der Waals surface area contributed by atoms with E-state index in [1.807, 2.05) is 13.0 Å². The summed E-state index contributed by atoms with van der Waals surface area (Å²) in [5.41, 5.74) is 3.05. The van der Waals surface area contributed by atoms with Gasteiger partial charge in [0.2, 0.25) is 0 Å². The minimum atomic E-state index is -0.380. The van der Waals surface area contributed by atoms with Gasteiger partial charge in [0.25, 0.3) is 17.7 Å². The molecule has 0 aliphatic carbocycles. The van der Waals surface area contributed by atoms with Crippen molar-refractivity contribution in [3.05, 3.63) is 95.1 Å². The predicted octanol–water partition coefficient (Wildman–Crippen LogP) is 4.41. The second kappa shape index (κ2) is 10.8. The minimum absolute atomic E-state index is 0.0304. The lowest BCUT2D eigenvalue weighted by Gasteiger charge is -2.14. The Balaban J connectivity index is 1.46. The fourth-order valence-electron chi connectivity index (χ4n) is 3.77. The van der Waals surface area contributed by atoms with Crippen LogP contribution in [0.15, 0.2) is 72.8 Å². The maximum atomic E-state index is 13.0. The highest BCUT2D eigenvalue weighted by atomic mass is 16.5. The van der Waals surface area contributed by atoms with Crippen LogP contribution in [0.25, 0.3) is 0 Å². The van der Waals surface area contributed by atoms with Gasteiger partial charge in [0.05, 0.1) is 17.4 Å². The Hall–Kier alpha value is -3.97. The van der Waals surface area contributed by atoms with Crippen molar-refractivity contribution in [3.8, 4) is 0 Å². The van der Waals surface area contributed by atoms with Gasteiger partial charge in [-0.1, -0.05) is 36.4 Å². The lowest BCUT2D eigenvalue weighted by Crippen LogP contribution is -2.32. The third-order valence-corrected chi connectivity index (χ3v) is 5.72. The predicted molar refractivity (Wildman–Crippen MR) is 131 cm³/mol. The molecule has 7 nitrogen and oxygen atoms in total. The van der Waals surface area contributed by atoms with Crippen molar-refractivity contribution in [2.24, 2.45) is 0 Å². The second-order valence-corrected chi connectivity index (χ2v) is 8.19. The first-order chi connectivity index (χ1) is 16.5. The average molecular weight is 458 g/mol. The summed E-state index contributed by atoms with van der Waals surface area (Å²) in [6.45, 7) is 3.01. The molecule has 1 heterocycles. The molecule has 4 rings (SSSR count). The molecule has 3 aromatic carbocycles. The van der Waals surface area contributed by atoms with Gasteiger partial charge < -0.3 is 20.7 Å². The van der Waals surface area contributed by atoms with Crippen LogP contribution in [-0.4, -0.2) is 37.0 Å². The van der Waals surface area contributed by atoms with Gasteiger partial charge in [-0.25, -0.2) is 0 Å². The zero-order valence-corrected chi connectivity index (χ0v) is 19.0. The van der Waals surface area contributed by atoms with Crippen molar-refractivity contribution < 1.29 is 19.1 Å². The van der Waals surface area contributed by atoms with Gasteiger partial charge >= 0.3 is 0 Å². The number of aryl methyl sites for hydroxylation is 1. The van der Waals surface area contributed by atoms with Crippen molar-refractivity contribution >= 4 is 29.1 Å². The van der Waals surface area contributed by atoms with Crippen LogP contribution in [0, 0.1) is 6.92 Å². The molecule has 0 bridgehead atoms. The zero-order chi connectivity index (χ0) is 23.9. The monoisotopic (exact) mass is 457 g/mol. The number of benzene rings is 3. The maximum absolute atomic E-state index is 13.0. The minimum Gasteiger partial charge on any atom is -0.376 e. The van der Waals surface area contributed by atoms with E-state index >= 15 is 0 Å². The molecule has 34 heavy (non-hydrogen) atoms. The summed E-state index contributed by atoms with van der Waals surface area (Å²) in [6.07, 6.45) is 1.95. The molecule has 1 saturated heterocycles. The largest absolute Gasteiger partial charge is 0.376 e. The van der Waals surface area contributed by atoms with E-state index in [1.54, 1.807) is 66.7 Å². The topological polar surface area (TPSA) is 96.5 Å². The van der Waals surface area contributed by atoms with Crippen LogP contribution >= 0.6 is 0 Å². The van der Waals surface area contributed by atoms with Gasteiger partial charge in [-0.3, -0.25) is 14.4 Å². The number of para-hydroxylation sites is 1. The highest BCUT2D eigenvalue weighted by Gasteiger charge is 2.19. The molecule has 3 N–H and O–H groups in total. The summed E-state index contributed by atoms with van der Waals surface area (Å²) in [5.74, 6) is -0.907. The highest BCUT2D eigenvalue weighted by molar-refractivity contribution is 6.10. The Morgan fingerprint density at radius 1 is 0.824 bits per heavy atom. The Morgan fingerprint density at radius 2 is 1.53 bits per heavy atom. The second-order valence-electron chi connectivity index (χ2n) is 8.19. The van der Waals surface area contributed by atoms with Gasteiger partial charge in [0.1, 0.15) is 0 Å². The van der Waals surface area contributed by atoms with E-state index < -0.39 is 0 Å². The van der Waals surface area contributed by atoms with Gasteiger partial charge in [0, 0.05) is 30.0 Å². The molecule has 1 aliphatic heterocycles. The fourth-order valence-corrected chi connectivity index (χ4v) is 3.77. The van der Waals surface area contributed by atoms with Crippen LogP contribution in [0.5, 0.6) is 0 Å². The summed E-state index contributed by atoms with van der Waals surface area (Å²) < 4.78 is 5.55. The summed E-state index contributed by atoms with van der Waals surface area (Å²) in [7, 11) is 0. The number of carbonyl (C=O) groups is 3. The molecule has 1 aliphatic rings. The Labute approximate surface area is 198 Å². The van der Waals surface area contributed by atoms with E-state index in [9.17, 15) is 14.4 Å². The third-order valence-electron chi connectivity index (χ3n) is 5.72. The lowest BCUT2D eigenvalue weighted by molar-refractivity contribution is 0.0858. The van der Waals surface area contributed by atoms with E-state index in [-0.39, 0.29) is 23.8 Å². The van der Waals surface area contributed by atoms with Crippen molar-refractivity contribution in [3.63, 3.8) is 0 Å². The lowest BCUT2D eigenvalue weighted by atomic mass is 10.1. The Bertz CT molecular complexity index is 1190. The number of hydrogen-bond donors (Lipinski definition) is 3. The van der Waals surface area contributed by atoms with Crippen LogP contribution in [0.2, 0.25) is 0 Å².